The van der Waals surface area contributed by atoms with Gasteiger partial charge in [-0.1, -0.05) is 51.1 Å². The molecule has 1 saturated heterocycles. The fraction of sp³-hybridized carbons (Fsp3) is 0.647. The van der Waals surface area contributed by atoms with Crippen molar-refractivity contribution in [2.45, 2.75) is 39.3 Å². The van der Waals surface area contributed by atoms with E-state index in [1.54, 1.807) is 0 Å². The molecule has 1 fully saturated rings. The second-order valence-corrected chi connectivity index (χ2v) is 6.85. The first-order valence-electron chi connectivity index (χ1n) is 7.58. The number of rotatable bonds is 4. The first kappa shape index (κ1) is 15.5. The molecule has 0 aliphatic carbocycles. The molecule has 0 bridgehead atoms. The molecular weight excluding hydrogens is 251 g/mol. The van der Waals surface area contributed by atoms with Crippen molar-refractivity contribution in [2.75, 3.05) is 26.3 Å². The second kappa shape index (κ2) is 6.68. The van der Waals surface area contributed by atoms with E-state index in [2.05, 4.69) is 55.3 Å². The first-order valence-corrected chi connectivity index (χ1v) is 7.58. The predicted molar refractivity (Wildman–Crippen MR) is 82.7 cm³/mol. The zero-order valence-electron chi connectivity index (χ0n) is 12.9. The molecule has 3 heteroatoms. The zero-order valence-corrected chi connectivity index (χ0v) is 12.9. The monoisotopic (exact) mass is 278 g/mol. The van der Waals surface area contributed by atoms with E-state index in [4.69, 9.17) is 0 Å². The quantitative estimate of drug-likeness (QED) is 0.911. The maximum atomic E-state index is 12.9. The summed E-state index contributed by atoms with van der Waals surface area (Å²) in [6.07, 6.45) is 0.991. The molecule has 0 aromatic heterocycles. The number of hydrogen-bond donors (Lipinski definition) is 1. The standard InChI is InChI=1S/C17H27FN2/c1-17(2,3)16-13-20(10-9-18)15(12-19-16)11-14-7-5-4-6-8-14/h4-8,15-16,19H,9-13H2,1-3H3. The van der Waals surface area contributed by atoms with Crippen LogP contribution < -0.4 is 5.32 Å². The molecular formula is C17H27FN2. The van der Waals surface area contributed by atoms with Crippen LogP contribution in [0.25, 0.3) is 0 Å². The third kappa shape index (κ3) is 4.03. The van der Waals surface area contributed by atoms with Crippen molar-refractivity contribution in [1.29, 1.82) is 0 Å². The van der Waals surface area contributed by atoms with E-state index in [0.29, 0.717) is 18.6 Å². The Kier molecular flexibility index (Phi) is 5.17. The molecule has 1 aliphatic rings. The summed E-state index contributed by atoms with van der Waals surface area (Å²) in [5, 5.41) is 3.65. The van der Waals surface area contributed by atoms with Gasteiger partial charge in [0.15, 0.2) is 0 Å². The lowest BCUT2D eigenvalue weighted by Gasteiger charge is -2.45. The van der Waals surface area contributed by atoms with E-state index in [9.17, 15) is 4.39 Å². The van der Waals surface area contributed by atoms with E-state index in [-0.39, 0.29) is 12.1 Å². The highest BCUT2D eigenvalue weighted by molar-refractivity contribution is 5.16. The van der Waals surface area contributed by atoms with Crippen LogP contribution in [0.1, 0.15) is 26.3 Å². The molecule has 2 unspecified atom stereocenters. The van der Waals surface area contributed by atoms with E-state index in [0.717, 1.165) is 19.5 Å². The number of piperazine rings is 1. The number of nitrogens with one attached hydrogen (secondary N) is 1. The summed E-state index contributed by atoms with van der Waals surface area (Å²) >= 11 is 0. The summed E-state index contributed by atoms with van der Waals surface area (Å²) < 4.78 is 12.9. The van der Waals surface area contributed by atoms with Gasteiger partial charge in [-0.15, -0.1) is 0 Å². The van der Waals surface area contributed by atoms with Gasteiger partial charge in [0.25, 0.3) is 0 Å². The van der Waals surface area contributed by atoms with Gasteiger partial charge in [-0.3, -0.25) is 4.90 Å². The summed E-state index contributed by atoms with van der Waals surface area (Å²) in [5.74, 6) is 0. The lowest BCUT2D eigenvalue weighted by Crippen LogP contribution is -2.61. The van der Waals surface area contributed by atoms with Crippen molar-refractivity contribution < 1.29 is 4.39 Å². The van der Waals surface area contributed by atoms with Crippen molar-refractivity contribution in [1.82, 2.24) is 10.2 Å². The number of hydrogen-bond acceptors (Lipinski definition) is 2. The highest BCUT2D eigenvalue weighted by Gasteiger charge is 2.33. The van der Waals surface area contributed by atoms with E-state index in [1.165, 1.54) is 5.56 Å². The van der Waals surface area contributed by atoms with Crippen LogP contribution in [0.3, 0.4) is 0 Å². The highest BCUT2D eigenvalue weighted by atomic mass is 19.1. The zero-order chi connectivity index (χ0) is 14.6. The molecule has 1 aromatic carbocycles. The van der Waals surface area contributed by atoms with E-state index >= 15 is 0 Å². The van der Waals surface area contributed by atoms with Gasteiger partial charge in [0, 0.05) is 31.7 Å². The van der Waals surface area contributed by atoms with Gasteiger partial charge < -0.3 is 5.32 Å². The third-order valence-electron chi connectivity index (χ3n) is 4.26. The molecule has 0 radical (unpaired) electrons. The van der Waals surface area contributed by atoms with Crippen LogP contribution in [0.5, 0.6) is 0 Å². The average Bonchev–Trinajstić information content (AvgIpc) is 2.41. The lowest BCUT2D eigenvalue weighted by molar-refractivity contribution is 0.0801. The summed E-state index contributed by atoms with van der Waals surface area (Å²) in [6, 6.07) is 11.3. The average molecular weight is 278 g/mol. The van der Waals surface area contributed by atoms with E-state index < -0.39 is 0 Å². The SMILES string of the molecule is CC(C)(C)C1CN(CCF)C(Cc2ccccc2)CN1. The molecule has 1 aliphatic heterocycles. The van der Waals surface area contributed by atoms with Crippen molar-refractivity contribution >= 4 is 0 Å². The number of halogens is 1. The number of alkyl halides is 1. The predicted octanol–water partition coefficient (Wildman–Crippen LogP) is 2.89. The van der Waals surface area contributed by atoms with Gasteiger partial charge in [0.1, 0.15) is 6.67 Å². The lowest BCUT2D eigenvalue weighted by atomic mass is 9.84. The Labute approximate surface area is 122 Å². The topological polar surface area (TPSA) is 15.3 Å². The molecule has 2 nitrogen and oxygen atoms in total. The summed E-state index contributed by atoms with van der Waals surface area (Å²) in [4.78, 5) is 2.32. The van der Waals surface area contributed by atoms with Crippen molar-refractivity contribution in [3.63, 3.8) is 0 Å². The molecule has 2 rings (SSSR count). The van der Waals surface area contributed by atoms with E-state index in [1.807, 2.05) is 6.07 Å². The first-order chi connectivity index (χ1) is 9.50. The van der Waals surface area contributed by atoms with Gasteiger partial charge >= 0.3 is 0 Å². The van der Waals surface area contributed by atoms with Crippen molar-refractivity contribution in [3.05, 3.63) is 35.9 Å². The van der Waals surface area contributed by atoms with Crippen LogP contribution in [-0.4, -0.2) is 43.3 Å². The van der Waals surface area contributed by atoms with Crippen molar-refractivity contribution in [2.24, 2.45) is 5.41 Å². The van der Waals surface area contributed by atoms with Crippen LogP contribution in [0, 0.1) is 5.41 Å². The Morgan fingerprint density at radius 3 is 2.55 bits per heavy atom. The molecule has 0 amide bonds. The number of nitrogens with zero attached hydrogens (tertiary/aromatic N) is 1. The van der Waals surface area contributed by atoms with Gasteiger partial charge in [0.2, 0.25) is 0 Å². The normalized spacial score (nSPS) is 24.8. The molecule has 1 N–H and O–H groups in total. The maximum Gasteiger partial charge on any atom is 0.102 e. The van der Waals surface area contributed by atoms with Crippen LogP contribution in [-0.2, 0) is 6.42 Å². The van der Waals surface area contributed by atoms with Crippen LogP contribution >= 0.6 is 0 Å². The van der Waals surface area contributed by atoms with Gasteiger partial charge in [-0.2, -0.15) is 0 Å². The van der Waals surface area contributed by atoms with Crippen LogP contribution in [0.2, 0.25) is 0 Å². The molecule has 20 heavy (non-hydrogen) atoms. The molecule has 1 aromatic rings. The van der Waals surface area contributed by atoms with Crippen LogP contribution in [0.15, 0.2) is 30.3 Å². The summed E-state index contributed by atoms with van der Waals surface area (Å²) in [5.41, 5.74) is 1.55. The molecule has 1 heterocycles. The Bertz CT molecular complexity index is 399. The fourth-order valence-electron chi connectivity index (χ4n) is 2.91. The Balaban J connectivity index is 2.02. The summed E-state index contributed by atoms with van der Waals surface area (Å²) in [6.45, 7) is 8.90. The highest BCUT2D eigenvalue weighted by Crippen LogP contribution is 2.24. The van der Waals surface area contributed by atoms with Crippen molar-refractivity contribution in [3.8, 4) is 0 Å². The molecule has 0 spiro atoms. The Morgan fingerprint density at radius 2 is 1.95 bits per heavy atom. The minimum Gasteiger partial charge on any atom is -0.311 e. The maximum absolute atomic E-state index is 12.9. The second-order valence-electron chi connectivity index (χ2n) is 6.85. The smallest absolute Gasteiger partial charge is 0.102 e. The Hall–Kier alpha value is -0.930. The fourth-order valence-corrected chi connectivity index (χ4v) is 2.91. The van der Waals surface area contributed by atoms with Gasteiger partial charge in [-0.05, 0) is 17.4 Å². The minimum absolute atomic E-state index is 0.215. The Morgan fingerprint density at radius 1 is 1.25 bits per heavy atom. The third-order valence-corrected chi connectivity index (χ3v) is 4.26. The van der Waals surface area contributed by atoms with Gasteiger partial charge in [0.05, 0.1) is 0 Å². The number of benzene rings is 1. The molecule has 112 valence electrons. The minimum atomic E-state index is -0.262. The van der Waals surface area contributed by atoms with Crippen LogP contribution in [0.4, 0.5) is 4.39 Å². The van der Waals surface area contributed by atoms with Gasteiger partial charge in [-0.25, -0.2) is 4.39 Å². The molecule has 2 atom stereocenters. The largest absolute Gasteiger partial charge is 0.311 e. The molecule has 0 saturated carbocycles. The summed E-state index contributed by atoms with van der Waals surface area (Å²) in [7, 11) is 0.